The Morgan fingerprint density at radius 2 is 2.06 bits per heavy atom. The zero-order valence-corrected chi connectivity index (χ0v) is 20.0. The van der Waals surface area contributed by atoms with Gasteiger partial charge in [0.05, 0.1) is 30.6 Å². The van der Waals surface area contributed by atoms with Crippen molar-refractivity contribution in [1.82, 2.24) is 20.3 Å². The molecule has 0 bridgehead atoms. The Balaban J connectivity index is 1.48. The van der Waals surface area contributed by atoms with E-state index in [1.165, 1.54) is 11.9 Å². The molecule has 0 spiro atoms. The van der Waals surface area contributed by atoms with Crippen molar-refractivity contribution in [2.75, 3.05) is 36.5 Å². The fourth-order valence-electron chi connectivity index (χ4n) is 4.32. The van der Waals surface area contributed by atoms with E-state index in [4.69, 9.17) is 14.5 Å². The number of hydrogen-bond acceptors (Lipinski definition) is 8. The maximum atomic E-state index is 12.7. The molecule has 4 heterocycles. The molecule has 9 heteroatoms. The summed E-state index contributed by atoms with van der Waals surface area (Å²) in [5.74, 6) is 0.110. The molecule has 35 heavy (non-hydrogen) atoms. The van der Waals surface area contributed by atoms with Crippen molar-refractivity contribution < 1.29 is 14.3 Å². The molecule has 179 valence electrons. The SMILES string of the molecule is CCOc1ncc(-c2cc3c(c(Nc4ccc(N5CCO[C@H](C)C5)c(C)c4)n2)C(=O)[N]C=C3)cn1. The smallest absolute Gasteiger partial charge is 0.316 e. The van der Waals surface area contributed by atoms with Gasteiger partial charge in [-0.3, -0.25) is 4.79 Å². The molecule has 1 aromatic carbocycles. The van der Waals surface area contributed by atoms with Crippen LogP contribution in [0.2, 0.25) is 0 Å². The summed E-state index contributed by atoms with van der Waals surface area (Å²) in [5.41, 5.74) is 5.68. The number of anilines is 3. The lowest BCUT2D eigenvalue weighted by atomic mass is 10.0. The van der Waals surface area contributed by atoms with E-state index in [0.29, 0.717) is 29.7 Å². The van der Waals surface area contributed by atoms with Crippen LogP contribution in [0, 0.1) is 6.92 Å². The Morgan fingerprint density at radius 3 is 2.80 bits per heavy atom. The summed E-state index contributed by atoms with van der Waals surface area (Å²) in [6, 6.07) is 8.32. The second-order valence-corrected chi connectivity index (χ2v) is 8.51. The number of amides is 1. The van der Waals surface area contributed by atoms with Crippen LogP contribution < -0.4 is 20.3 Å². The van der Waals surface area contributed by atoms with Crippen LogP contribution in [0.15, 0.2) is 42.9 Å². The Morgan fingerprint density at radius 1 is 1.23 bits per heavy atom. The molecule has 2 aliphatic heterocycles. The van der Waals surface area contributed by atoms with E-state index in [2.05, 4.69) is 51.5 Å². The Hall–Kier alpha value is -3.98. The zero-order valence-electron chi connectivity index (χ0n) is 20.0. The van der Waals surface area contributed by atoms with E-state index >= 15 is 0 Å². The average Bonchev–Trinajstić information content (AvgIpc) is 2.85. The van der Waals surface area contributed by atoms with Gasteiger partial charge < -0.3 is 19.7 Å². The van der Waals surface area contributed by atoms with Gasteiger partial charge in [-0.05, 0) is 62.2 Å². The third-order valence-corrected chi connectivity index (χ3v) is 5.95. The van der Waals surface area contributed by atoms with Crippen LogP contribution in [0.25, 0.3) is 17.3 Å². The molecule has 5 rings (SSSR count). The zero-order chi connectivity index (χ0) is 24.4. The summed E-state index contributed by atoms with van der Waals surface area (Å²) >= 11 is 0. The van der Waals surface area contributed by atoms with Crippen molar-refractivity contribution in [2.45, 2.75) is 26.9 Å². The van der Waals surface area contributed by atoms with Crippen molar-refractivity contribution in [3.63, 3.8) is 0 Å². The lowest BCUT2D eigenvalue weighted by Crippen LogP contribution is -2.41. The molecule has 2 aliphatic rings. The number of carbonyl (C=O) groups excluding carboxylic acids is 1. The van der Waals surface area contributed by atoms with Gasteiger partial charge in [-0.1, -0.05) is 0 Å². The van der Waals surface area contributed by atoms with Crippen molar-refractivity contribution in [3.8, 4) is 17.3 Å². The molecule has 1 N–H and O–H groups in total. The number of hydrogen-bond donors (Lipinski definition) is 1. The molecule has 1 saturated heterocycles. The monoisotopic (exact) mass is 471 g/mol. The number of aryl methyl sites for hydroxylation is 1. The van der Waals surface area contributed by atoms with Crippen molar-refractivity contribution >= 4 is 29.2 Å². The third-order valence-electron chi connectivity index (χ3n) is 5.95. The summed E-state index contributed by atoms with van der Waals surface area (Å²) < 4.78 is 11.0. The van der Waals surface area contributed by atoms with Gasteiger partial charge >= 0.3 is 6.01 Å². The number of carbonyl (C=O) groups is 1. The highest BCUT2D eigenvalue weighted by Gasteiger charge is 2.23. The van der Waals surface area contributed by atoms with E-state index in [-0.39, 0.29) is 12.0 Å². The largest absolute Gasteiger partial charge is 0.464 e. The number of nitrogens with zero attached hydrogens (tertiary/aromatic N) is 5. The fraction of sp³-hybridized carbons (Fsp3) is 0.308. The van der Waals surface area contributed by atoms with Crippen molar-refractivity contribution in [1.29, 1.82) is 0 Å². The molecule has 0 unspecified atom stereocenters. The summed E-state index contributed by atoms with van der Waals surface area (Å²) in [5, 5.41) is 7.30. The van der Waals surface area contributed by atoms with Gasteiger partial charge in [0, 0.05) is 48.6 Å². The van der Waals surface area contributed by atoms with E-state index in [9.17, 15) is 4.79 Å². The van der Waals surface area contributed by atoms with Gasteiger partial charge in [0.1, 0.15) is 5.82 Å². The molecule has 9 nitrogen and oxygen atoms in total. The van der Waals surface area contributed by atoms with Crippen LogP contribution in [-0.4, -0.2) is 53.3 Å². The van der Waals surface area contributed by atoms with E-state index in [1.54, 1.807) is 18.5 Å². The van der Waals surface area contributed by atoms with Crippen LogP contribution in [0.1, 0.15) is 35.3 Å². The number of fused-ring (bicyclic) bond motifs is 1. The second kappa shape index (κ2) is 9.71. The summed E-state index contributed by atoms with van der Waals surface area (Å²) in [7, 11) is 0. The number of aromatic nitrogens is 3. The molecule has 2 aromatic heterocycles. The molecule has 3 aromatic rings. The van der Waals surface area contributed by atoms with Gasteiger partial charge in [0.25, 0.3) is 5.91 Å². The maximum absolute atomic E-state index is 12.7. The van der Waals surface area contributed by atoms with E-state index in [1.807, 2.05) is 19.1 Å². The Kier molecular flexibility index (Phi) is 6.33. The van der Waals surface area contributed by atoms with E-state index in [0.717, 1.165) is 42.1 Å². The predicted molar refractivity (Wildman–Crippen MR) is 134 cm³/mol. The Bertz CT molecular complexity index is 1270. The summed E-state index contributed by atoms with van der Waals surface area (Å²) in [6.45, 7) is 8.98. The first-order valence-electron chi connectivity index (χ1n) is 11.7. The molecule has 1 atom stereocenters. The minimum atomic E-state index is -0.331. The lowest BCUT2D eigenvalue weighted by Gasteiger charge is -2.34. The van der Waals surface area contributed by atoms with Gasteiger partial charge in [-0.2, -0.15) is 0 Å². The Labute approximate surface area is 204 Å². The summed E-state index contributed by atoms with van der Waals surface area (Å²) in [4.78, 5) is 28.2. The first kappa shape index (κ1) is 22.8. The number of benzene rings is 1. The minimum Gasteiger partial charge on any atom is -0.464 e. The number of rotatable bonds is 6. The van der Waals surface area contributed by atoms with Crippen LogP contribution in [-0.2, 0) is 4.74 Å². The minimum absolute atomic E-state index is 0.203. The normalized spacial score (nSPS) is 17.1. The van der Waals surface area contributed by atoms with Crippen LogP contribution in [0.5, 0.6) is 6.01 Å². The number of pyridine rings is 1. The van der Waals surface area contributed by atoms with Gasteiger partial charge in [0.15, 0.2) is 0 Å². The quantitative estimate of drug-likeness (QED) is 0.577. The third kappa shape index (κ3) is 4.81. The van der Waals surface area contributed by atoms with Crippen LogP contribution in [0.3, 0.4) is 0 Å². The summed E-state index contributed by atoms with van der Waals surface area (Å²) in [6.07, 6.45) is 6.84. The van der Waals surface area contributed by atoms with Crippen LogP contribution in [0.4, 0.5) is 17.2 Å². The lowest BCUT2D eigenvalue weighted by molar-refractivity contribution is 0.0532. The highest BCUT2D eigenvalue weighted by Crippen LogP contribution is 2.32. The number of ether oxygens (including phenoxy) is 2. The van der Waals surface area contributed by atoms with E-state index < -0.39 is 0 Å². The highest BCUT2D eigenvalue weighted by atomic mass is 16.5. The standard InChI is InChI=1S/C26H27N6O3/c1-4-34-26-28-13-19(14-29-26)21-12-18-7-8-27-25(33)23(18)24(31-21)30-20-5-6-22(16(2)11-20)32-9-10-35-17(3)15-32/h5-8,11-14,17H,4,9-10,15H2,1-3H3,(H,30,31)/t17-/m1/s1. The van der Waals surface area contributed by atoms with Crippen molar-refractivity contribution in [3.05, 3.63) is 59.5 Å². The topological polar surface area (TPSA) is 104 Å². The van der Waals surface area contributed by atoms with Gasteiger partial charge in [-0.25, -0.2) is 20.3 Å². The molecule has 0 aliphatic carbocycles. The van der Waals surface area contributed by atoms with Gasteiger partial charge in [0.2, 0.25) is 0 Å². The first-order valence-corrected chi connectivity index (χ1v) is 11.7. The molecular formula is C26H27N6O3. The molecule has 1 amide bonds. The highest BCUT2D eigenvalue weighted by molar-refractivity contribution is 6.05. The second-order valence-electron chi connectivity index (χ2n) is 8.51. The van der Waals surface area contributed by atoms with Gasteiger partial charge in [-0.15, -0.1) is 0 Å². The van der Waals surface area contributed by atoms with Crippen molar-refractivity contribution in [2.24, 2.45) is 0 Å². The number of morpholine rings is 1. The predicted octanol–water partition coefficient (Wildman–Crippen LogP) is 3.94. The average molecular weight is 472 g/mol. The molecular weight excluding hydrogens is 444 g/mol. The molecule has 1 fully saturated rings. The fourth-order valence-corrected chi connectivity index (χ4v) is 4.32. The maximum Gasteiger partial charge on any atom is 0.316 e. The van der Waals surface area contributed by atoms with Crippen LogP contribution >= 0.6 is 0 Å². The first-order chi connectivity index (χ1) is 17.0. The molecule has 0 saturated carbocycles. The number of nitrogens with one attached hydrogen (secondary N) is 1. The molecule has 1 radical (unpaired) electrons.